The van der Waals surface area contributed by atoms with E-state index in [4.69, 9.17) is 28.2 Å². The van der Waals surface area contributed by atoms with Gasteiger partial charge in [-0.1, -0.05) is 71.1 Å². The first-order valence-electron chi connectivity index (χ1n) is 25.2. The number of hydrogen-bond donors (Lipinski definition) is 2. The summed E-state index contributed by atoms with van der Waals surface area (Å²) < 4.78 is 48.2. The number of carbonyl (C=O) groups excluding carboxylic acids is 5. The molecule has 2 saturated heterocycles. The zero-order valence-corrected chi connectivity index (χ0v) is 44.3. The molecule has 2 bridgehead atoms. The SMILES string of the molecule is CO[C@H]1C[C@@H]2CC[C@@H](C)[C@@](O)(O2)C(=O)C(=O)N2CCCC[C@H]2C(=O)O[C@H]([C@H](C)C[C@@H]2CC[C@@H](OP(C)(C)=O)[C@H](OC)C2)CC(=O)[C@H](C)C=C(C)[C@@H](O)[C@@H](OC)C(=O)[C@H](C)C[C@H](C)C=CC=CC=C1C. The largest absolute Gasteiger partial charge is 0.460 e. The molecule has 1 aliphatic carbocycles. The third-order valence-electron chi connectivity index (χ3n) is 14.8. The number of fused-ring (bicyclic) bond motifs is 3. The number of piperidine rings is 1. The predicted molar refractivity (Wildman–Crippen MR) is 263 cm³/mol. The topological polar surface area (TPSA) is 201 Å². The van der Waals surface area contributed by atoms with Gasteiger partial charge in [-0.3, -0.25) is 23.7 Å². The molecule has 15 atom stereocenters. The maximum Gasteiger partial charge on any atom is 0.329 e. The van der Waals surface area contributed by atoms with Gasteiger partial charge in [-0.2, -0.15) is 0 Å². The highest BCUT2D eigenvalue weighted by Crippen LogP contribution is 2.45. The van der Waals surface area contributed by atoms with Crippen LogP contribution in [0.2, 0.25) is 0 Å². The Kier molecular flexibility index (Phi) is 22.5. The molecule has 2 N–H and O–H groups in total. The summed E-state index contributed by atoms with van der Waals surface area (Å²) in [6.45, 7) is 15.9. The van der Waals surface area contributed by atoms with Gasteiger partial charge in [0.25, 0.3) is 11.7 Å². The number of esters is 1. The van der Waals surface area contributed by atoms with E-state index in [2.05, 4.69) is 0 Å². The van der Waals surface area contributed by atoms with E-state index in [1.807, 2.05) is 58.1 Å². The average molecular weight is 990 g/mol. The first-order valence-corrected chi connectivity index (χ1v) is 27.7. The van der Waals surface area contributed by atoms with E-state index in [-0.39, 0.29) is 60.9 Å². The number of Topliss-reactive ketones (excluding diaryl/α,β-unsaturated/α-hetero) is 3. The number of nitrogens with zero attached hydrogens (tertiary/aromatic N) is 1. The van der Waals surface area contributed by atoms with E-state index in [1.165, 1.54) is 12.0 Å². The number of ether oxygens (including phenoxy) is 5. The molecule has 1 saturated carbocycles. The molecule has 0 aromatic rings. The molecule has 0 radical (unpaired) electrons. The van der Waals surface area contributed by atoms with Crippen LogP contribution in [0.5, 0.6) is 0 Å². The number of methoxy groups -OCH3 is 3. The molecule has 4 rings (SSSR count). The lowest BCUT2D eigenvalue weighted by Gasteiger charge is -2.42. The average Bonchev–Trinajstić information content (AvgIpc) is 3.30. The van der Waals surface area contributed by atoms with Gasteiger partial charge in [0.05, 0.1) is 24.4 Å². The van der Waals surface area contributed by atoms with E-state index >= 15 is 0 Å². The highest BCUT2D eigenvalue weighted by molar-refractivity contribution is 7.57. The lowest BCUT2D eigenvalue weighted by atomic mass is 9.78. The Balaban J connectivity index is 1.70. The molecule has 3 fully saturated rings. The summed E-state index contributed by atoms with van der Waals surface area (Å²) in [5.74, 6) is -8.11. The number of aliphatic hydroxyl groups excluding tert-OH is 1. The maximum absolute atomic E-state index is 14.5. The lowest BCUT2D eigenvalue weighted by Crippen LogP contribution is -2.61. The minimum atomic E-state index is -2.79. The fourth-order valence-electron chi connectivity index (χ4n) is 10.5. The second-order valence-electron chi connectivity index (χ2n) is 20.9. The number of hydrogen-bond acceptors (Lipinski definition) is 14. The summed E-state index contributed by atoms with van der Waals surface area (Å²) in [6, 6.07) is -1.16. The number of carbonyl (C=O) groups is 5. The molecular weight excluding hydrogens is 906 g/mol. The minimum Gasteiger partial charge on any atom is -0.460 e. The Hall–Kier alpha value is -3.14. The van der Waals surface area contributed by atoms with Crippen molar-refractivity contribution in [3.05, 3.63) is 47.6 Å². The molecule has 15 nitrogen and oxygen atoms in total. The van der Waals surface area contributed by atoms with Crippen molar-refractivity contribution in [3.63, 3.8) is 0 Å². The summed E-state index contributed by atoms with van der Waals surface area (Å²) in [6.07, 6.45) is 11.4. The van der Waals surface area contributed by atoms with Crippen LogP contribution in [-0.2, 0) is 56.7 Å². The van der Waals surface area contributed by atoms with Gasteiger partial charge < -0.3 is 43.3 Å². The maximum atomic E-state index is 14.5. The van der Waals surface area contributed by atoms with Crippen molar-refractivity contribution in [1.29, 1.82) is 0 Å². The van der Waals surface area contributed by atoms with Crippen molar-refractivity contribution in [2.45, 2.75) is 180 Å². The highest BCUT2D eigenvalue weighted by atomic mass is 31.2. The molecule has 4 aliphatic rings. The van der Waals surface area contributed by atoms with Gasteiger partial charge in [0.15, 0.2) is 13.2 Å². The number of amides is 1. The number of cyclic esters (lactones) is 1. The Morgan fingerprint density at radius 3 is 2.22 bits per heavy atom. The summed E-state index contributed by atoms with van der Waals surface area (Å²) in [4.78, 5) is 72.2. The monoisotopic (exact) mass is 990 g/mol. The number of ketones is 3. The van der Waals surface area contributed by atoms with E-state index in [0.717, 1.165) is 12.0 Å². The van der Waals surface area contributed by atoms with Gasteiger partial charge in [0.1, 0.15) is 30.1 Å². The van der Waals surface area contributed by atoms with Crippen LogP contribution in [0, 0.1) is 35.5 Å². The summed E-state index contributed by atoms with van der Waals surface area (Å²) >= 11 is 0. The highest BCUT2D eigenvalue weighted by Gasteiger charge is 2.53. The number of rotatable bonds is 8. The predicted octanol–water partition coefficient (Wildman–Crippen LogP) is 7.74. The van der Waals surface area contributed by atoms with E-state index in [9.17, 15) is 38.8 Å². The van der Waals surface area contributed by atoms with Crippen molar-refractivity contribution >= 4 is 36.6 Å². The summed E-state index contributed by atoms with van der Waals surface area (Å²) in [7, 11) is 1.76. The molecule has 0 spiro atoms. The molecule has 3 heterocycles. The van der Waals surface area contributed by atoms with Crippen LogP contribution in [0.3, 0.4) is 0 Å². The number of allylic oxidation sites excluding steroid dienone is 6. The van der Waals surface area contributed by atoms with Crippen LogP contribution in [0.25, 0.3) is 0 Å². The van der Waals surface area contributed by atoms with Crippen LogP contribution in [0.4, 0.5) is 0 Å². The first-order chi connectivity index (χ1) is 32.4. The van der Waals surface area contributed by atoms with E-state index in [0.29, 0.717) is 63.4 Å². The van der Waals surface area contributed by atoms with E-state index in [1.54, 1.807) is 54.4 Å². The molecule has 69 heavy (non-hydrogen) atoms. The van der Waals surface area contributed by atoms with Crippen LogP contribution in [-0.4, -0.2) is 140 Å². The second kappa shape index (κ2) is 26.5. The molecule has 390 valence electrons. The van der Waals surface area contributed by atoms with Gasteiger partial charge in [-0.15, -0.1) is 0 Å². The Bertz CT molecular complexity index is 1940. The molecule has 16 heteroatoms. The Morgan fingerprint density at radius 2 is 1.57 bits per heavy atom. The molecule has 0 unspecified atom stereocenters. The molecule has 0 aromatic carbocycles. The quantitative estimate of drug-likeness (QED) is 0.104. The standard InChI is InChI=1S/C53H84NO14P/c1-32-18-14-13-15-19-33(2)44(63-8)30-40-23-21-38(7)53(61,67-40)50(58)51(59)54-25-17-16-20-41(54)52(60)66-45(35(4)28-39-22-24-43(46(29-39)64-9)68-69(11,12)62)31-42(55)34(3)27-37(6)48(57)49(65-10)47(56)36(5)26-32/h13-15,18-19,27,32,34-36,38-41,43-46,48-49,57,61H,16-17,20-26,28-31H2,1-12H3/t32-,34-,35-,36-,38-,39+,40+,41+,43-,44+,45+,46-,48-,49+,53-/m1/s1. The molecule has 0 aromatic heterocycles. The normalized spacial score (nSPS) is 36.6. The van der Waals surface area contributed by atoms with Gasteiger partial charge in [0.2, 0.25) is 5.79 Å². The van der Waals surface area contributed by atoms with E-state index < -0.39 is 85.1 Å². The van der Waals surface area contributed by atoms with Crippen LogP contribution >= 0.6 is 7.37 Å². The fraction of sp³-hybridized carbons (Fsp3) is 0.755. The third-order valence-corrected chi connectivity index (χ3v) is 15.6. The first kappa shape index (κ1) is 58.4. The smallest absolute Gasteiger partial charge is 0.329 e. The van der Waals surface area contributed by atoms with Crippen LogP contribution in [0.15, 0.2) is 47.6 Å². The van der Waals surface area contributed by atoms with Crippen LogP contribution < -0.4 is 0 Å². The number of aliphatic hydroxyl groups is 2. The van der Waals surface area contributed by atoms with Crippen LogP contribution in [0.1, 0.15) is 126 Å². The van der Waals surface area contributed by atoms with Gasteiger partial charge >= 0.3 is 5.97 Å². The van der Waals surface area contributed by atoms with Gasteiger partial charge in [-0.25, -0.2) is 4.79 Å². The second-order valence-corrected chi connectivity index (χ2v) is 23.6. The zero-order valence-electron chi connectivity index (χ0n) is 43.4. The molecule has 1 amide bonds. The summed E-state index contributed by atoms with van der Waals surface area (Å²) in [5, 5.41) is 23.5. The fourth-order valence-corrected chi connectivity index (χ4v) is 11.4. The summed E-state index contributed by atoms with van der Waals surface area (Å²) in [5.41, 5.74) is 1.25. The molecule has 3 aliphatic heterocycles. The van der Waals surface area contributed by atoms with Gasteiger partial charge in [-0.05, 0) is 107 Å². The van der Waals surface area contributed by atoms with Crippen molar-refractivity contribution in [2.24, 2.45) is 35.5 Å². The Labute approximate surface area is 411 Å². The Morgan fingerprint density at radius 1 is 0.855 bits per heavy atom. The van der Waals surface area contributed by atoms with Crippen molar-refractivity contribution in [2.75, 3.05) is 41.2 Å². The van der Waals surface area contributed by atoms with Crippen molar-refractivity contribution < 1.29 is 67.0 Å². The third kappa shape index (κ3) is 16.2. The lowest BCUT2D eigenvalue weighted by molar-refractivity contribution is -0.265. The molecular formula is C53H84NO14P. The van der Waals surface area contributed by atoms with Crippen molar-refractivity contribution in [3.8, 4) is 0 Å². The minimum absolute atomic E-state index is 0.0117. The van der Waals surface area contributed by atoms with Crippen molar-refractivity contribution in [1.82, 2.24) is 4.90 Å². The zero-order chi connectivity index (χ0) is 51.4. The van der Waals surface area contributed by atoms with Gasteiger partial charge in [0, 0.05) is 71.8 Å².